The van der Waals surface area contributed by atoms with Crippen molar-refractivity contribution in [1.82, 2.24) is 9.55 Å². The van der Waals surface area contributed by atoms with E-state index in [9.17, 15) is 9.59 Å². The molecule has 1 heterocycles. The Morgan fingerprint density at radius 3 is 2.84 bits per heavy atom. The molecule has 0 unspecified atom stereocenters. The smallest absolute Gasteiger partial charge is 0.255 e. The average molecular weight is 331 g/mol. The number of ketones is 1. The van der Waals surface area contributed by atoms with E-state index in [4.69, 9.17) is 0 Å². The number of hydrogen-bond donors (Lipinski definition) is 1. The molecule has 1 amide bonds. The minimum Gasteiger partial charge on any atom is -0.322 e. The Bertz CT molecular complexity index is 975. The molecule has 0 bridgehead atoms. The first-order valence-electron chi connectivity index (χ1n) is 8.19. The fourth-order valence-corrected chi connectivity index (χ4v) is 3.27. The zero-order chi connectivity index (χ0) is 17.4. The Balaban J connectivity index is 1.61. The van der Waals surface area contributed by atoms with Crippen molar-refractivity contribution in [3.05, 3.63) is 77.4 Å². The SMILES string of the molecule is Cc1cc(-n2ccnc2)ccc1C(=O)Nc1cccc2c1CCC2=O. The van der Waals surface area contributed by atoms with Gasteiger partial charge in [-0.1, -0.05) is 12.1 Å². The standard InChI is InChI=1S/C20H17N3O2/c1-13-11-14(23-10-9-21-12-23)5-6-15(13)20(25)22-18-4-2-3-17-16(18)7-8-19(17)24/h2-6,9-12H,7-8H2,1H3,(H,22,25). The van der Waals surface area contributed by atoms with E-state index in [0.29, 0.717) is 18.4 Å². The predicted molar refractivity (Wildman–Crippen MR) is 95.3 cm³/mol. The molecule has 0 spiro atoms. The molecule has 1 aliphatic carbocycles. The largest absolute Gasteiger partial charge is 0.322 e. The van der Waals surface area contributed by atoms with Crippen LogP contribution < -0.4 is 5.32 Å². The van der Waals surface area contributed by atoms with E-state index in [1.807, 2.05) is 54.1 Å². The number of anilines is 1. The molecule has 3 aromatic rings. The van der Waals surface area contributed by atoms with Crippen molar-refractivity contribution in [1.29, 1.82) is 0 Å². The molecule has 4 rings (SSSR count). The van der Waals surface area contributed by atoms with Crippen molar-refractivity contribution in [3.63, 3.8) is 0 Å². The van der Waals surface area contributed by atoms with Crippen molar-refractivity contribution in [2.75, 3.05) is 5.32 Å². The Labute approximate surface area is 145 Å². The second-order valence-electron chi connectivity index (χ2n) is 6.18. The zero-order valence-electron chi connectivity index (χ0n) is 13.8. The number of hydrogen-bond acceptors (Lipinski definition) is 3. The molecule has 1 aliphatic rings. The van der Waals surface area contributed by atoms with Gasteiger partial charge < -0.3 is 9.88 Å². The molecule has 5 heteroatoms. The summed E-state index contributed by atoms with van der Waals surface area (Å²) in [5.41, 5.74) is 4.85. The number of carbonyl (C=O) groups excluding carboxylic acids is 2. The van der Waals surface area contributed by atoms with Gasteiger partial charge in [0.1, 0.15) is 0 Å². The van der Waals surface area contributed by atoms with Gasteiger partial charge in [0.15, 0.2) is 5.78 Å². The van der Waals surface area contributed by atoms with Gasteiger partial charge in [0.2, 0.25) is 0 Å². The van der Waals surface area contributed by atoms with Crippen LogP contribution in [0.25, 0.3) is 5.69 Å². The minimum absolute atomic E-state index is 0.145. The quantitative estimate of drug-likeness (QED) is 0.798. The summed E-state index contributed by atoms with van der Waals surface area (Å²) in [7, 11) is 0. The molecule has 0 aliphatic heterocycles. The molecule has 25 heavy (non-hydrogen) atoms. The second kappa shape index (κ2) is 6.02. The summed E-state index contributed by atoms with van der Waals surface area (Å²) in [5.74, 6) is -0.0191. The van der Waals surface area contributed by atoms with Crippen LogP contribution in [0, 0.1) is 6.92 Å². The molecule has 0 saturated carbocycles. The maximum absolute atomic E-state index is 12.7. The first-order valence-corrected chi connectivity index (χ1v) is 8.19. The van der Waals surface area contributed by atoms with E-state index in [1.54, 1.807) is 12.5 Å². The van der Waals surface area contributed by atoms with Crippen LogP contribution in [-0.2, 0) is 6.42 Å². The number of nitrogens with zero attached hydrogens (tertiary/aromatic N) is 2. The number of amides is 1. The highest BCUT2D eigenvalue weighted by Gasteiger charge is 2.23. The van der Waals surface area contributed by atoms with Crippen molar-refractivity contribution in [2.45, 2.75) is 19.8 Å². The number of imidazole rings is 1. The highest BCUT2D eigenvalue weighted by molar-refractivity contribution is 6.08. The van der Waals surface area contributed by atoms with Gasteiger partial charge in [-0.2, -0.15) is 0 Å². The highest BCUT2D eigenvalue weighted by Crippen LogP contribution is 2.29. The van der Waals surface area contributed by atoms with Gasteiger partial charge in [0, 0.05) is 41.3 Å². The third kappa shape index (κ3) is 2.74. The summed E-state index contributed by atoms with van der Waals surface area (Å²) >= 11 is 0. The lowest BCUT2D eigenvalue weighted by Crippen LogP contribution is -2.15. The normalized spacial score (nSPS) is 12.9. The van der Waals surface area contributed by atoms with Crippen molar-refractivity contribution >= 4 is 17.4 Å². The van der Waals surface area contributed by atoms with Crippen LogP contribution in [-0.4, -0.2) is 21.2 Å². The molecule has 1 aromatic heterocycles. The molecule has 0 radical (unpaired) electrons. The number of aromatic nitrogens is 2. The van der Waals surface area contributed by atoms with Gasteiger partial charge in [-0.25, -0.2) is 4.98 Å². The topological polar surface area (TPSA) is 64.0 Å². The van der Waals surface area contributed by atoms with E-state index < -0.39 is 0 Å². The number of Topliss-reactive ketones (excluding diaryl/α,β-unsaturated/α-hetero) is 1. The molecule has 2 aromatic carbocycles. The van der Waals surface area contributed by atoms with Crippen molar-refractivity contribution in [3.8, 4) is 5.69 Å². The van der Waals surface area contributed by atoms with Gasteiger partial charge in [0.25, 0.3) is 5.91 Å². The summed E-state index contributed by atoms with van der Waals surface area (Å²) in [6.45, 7) is 1.91. The lowest BCUT2D eigenvalue weighted by Gasteiger charge is -2.12. The molecular weight excluding hydrogens is 314 g/mol. The lowest BCUT2D eigenvalue weighted by atomic mass is 10.1. The van der Waals surface area contributed by atoms with Crippen molar-refractivity contribution in [2.24, 2.45) is 0 Å². The van der Waals surface area contributed by atoms with E-state index in [-0.39, 0.29) is 11.7 Å². The first kappa shape index (κ1) is 15.3. The van der Waals surface area contributed by atoms with E-state index in [1.165, 1.54) is 0 Å². The van der Waals surface area contributed by atoms with Crippen LogP contribution >= 0.6 is 0 Å². The lowest BCUT2D eigenvalue weighted by molar-refractivity contribution is 0.0992. The molecule has 0 saturated heterocycles. The summed E-state index contributed by atoms with van der Waals surface area (Å²) in [6, 6.07) is 11.1. The molecule has 5 nitrogen and oxygen atoms in total. The van der Waals surface area contributed by atoms with Crippen LogP contribution in [0.5, 0.6) is 0 Å². The Morgan fingerprint density at radius 1 is 1.20 bits per heavy atom. The fourth-order valence-electron chi connectivity index (χ4n) is 3.27. The minimum atomic E-state index is -0.164. The summed E-state index contributed by atoms with van der Waals surface area (Å²) < 4.78 is 1.89. The van der Waals surface area contributed by atoms with E-state index in [2.05, 4.69) is 10.3 Å². The van der Waals surface area contributed by atoms with Gasteiger partial charge in [-0.05, 0) is 48.7 Å². The van der Waals surface area contributed by atoms with Gasteiger partial charge in [-0.15, -0.1) is 0 Å². The first-order chi connectivity index (χ1) is 12.1. The molecule has 0 fully saturated rings. The maximum atomic E-state index is 12.7. The van der Waals surface area contributed by atoms with E-state index >= 15 is 0 Å². The van der Waals surface area contributed by atoms with E-state index in [0.717, 1.165) is 28.1 Å². The highest BCUT2D eigenvalue weighted by atomic mass is 16.1. The summed E-state index contributed by atoms with van der Waals surface area (Å²) in [6.07, 6.45) is 6.49. The van der Waals surface area contributed by atoms with Crippen LogP contribution in [0.15, 0.2) is 55.1 Å². The maximum Gasteiger partial charge on any atom is 0.255 e. The number of aryl methyl sites for hydroxylation is 1. The number of nitrogens with one attached hydrogen (secondary N) is 1. The van der Waals surface area contributed by atoms with Gasteiger partial charge >= 0.3 is 0 Å². The summed E-state index contributed by atoms with van der Waals surface area (Å²) in [5, 5.41) is 2.96. The second-order valence-corrected chi connectivity index (χ2v) is 6.18. The van der Waals surface area contributed by atoms with Gasteiger partial charge in [-0.3, -0.25) is 9.59 Å². The third-order valence-corrected chi connectivity index (χ3v) is 4.58. The zero-order valence-corrected chi connectivity index (χ0v) is 13.8. The molecule has 0 atom stereocenters. The molecular formula is C20H17N3O2. The summed E-state index contributed by atoms with van der Waals surface area (Å²) in [4.78, 5) is 28.6. The Kier molecular flexibility index (Phi) is 3.69. The monoisotopic (exact) mass is 331 g/mol. The van der Waals surface area contributed by atoms with Crippen LogP contribution in [0.1, 0.15) is 38.3 Å². The number of rotatable bonds is 3. The van der Waals surface area contributed by atoms with Crippen molar-refractivity contribution < 1.29 is 9.59 Å². The third-order valence-electron chi connectivity index (χ3n) is 4.58. The Morgan fingerprint density at radius 2 is 2.08 bits per heavy atom. The number of fused-ring (bicyclic) bond motifs is 1. The average Bonchev–Trinajstić information content (AvgIpc) is 3.26. The van der Waals surface area contributed by atoms with Gasteiger partial charge in [0.05, 0.1) is 6.33 Å². The van der Waals surface area contributed by atoms with Crippen LogP contribution in [0.2, 0.25) is 0 Å². The van der Waals surface area contributed by atoms with Crippen LogP contribution in [0.4, 0.5) is 5.69 Å². The number of benzene rings is 2. The molecule has 124 valence electrons. The fraction of sp³-hybridized carbons (Fsp3) is 0.150. The van der Waals surface area contributed by atoms with Crippen LogP contribution in [0.3, 0.4) is 0 Å². The Hall–Kier alpha value is -3.21. The molecule has 1 N–H and O–H groups in total. The number of carbonyl (C=O) groups is 2. The predicted octanol–water partition coefficient (Wildman–Crippen LogP) is 3.56.